The fourth-order valence-corrected chi connectivity index (χ4v) is 4.13. The number of carbonyl (C=O) groups excluding carboxylic acids is 1. The number of aromatic amines is 1. The van der Waals surface area contributed by atoms with Crippen molar-refractivity contribution in [3.05, 3.63) is 86.8 Å². The summed E-state index contributed by atoms with van der Waals surface area (Å²) in [5, 5.41) is 6.79. The molecule has 1 fully saturated rings. The Morgan fingerprint density at radius 2 is 1.83 bits per heavy atom. The highest BCUT2D eigenvalue weighted by Crippen LogP contribution is 2.27. The number of carbonyl (C=O) groups is 1. The van der Waals surface area contributed by atoms with Gasteiger partial charge in [0.25, 0.3) is 5.91 Å². The first-order chi connectivity index (χ1) is 14.4. The van der Waals surface area contributed by atoms with Gasteiger partial charge in [0.2, 0.25) is 0 Å². The summed E-state index contributed by atoms with van der Waals surface area (Å²) in [5.74, 6) is 0.534. The number of piperidine rings is 1. The van der Waals surface area contributed by atoms with Crippen molar-refractivity contribution in [1.82, 2.24) is 19.7 Å². The predicted octanol–water partition coefficient (Wildman–Crippen LogP) is 3.40. The number of nitrogens with zero attached hydrogens (tertiary/aromatic N) is 3. The number of nitrogens with one attached hydrogen (secondary N) is 1. The molecule has 30 heavy (non-hydrogen) atoms. The molecule has 0 aliphatic carbocycles. The van der Waals surface area contributed by atoms with Gasteiger partial charge in [0.1, 0.15) is 11.6 Å². The first-order valence-corrected chi connectivity index (χ1v) is 10.2. The van der Waals surface area contributed by atoms with E-state index in [0.29, 0.717) is 25.5 Å². The molecule has 7 heteroatoms. The predicted molar refractivity (Wildman–Crippen MR) is 112 cm³/mol. The maximum atomic E-state index is 13.2. The summed E-state index contributed by atoms with van der Waals surface area (Å²) in [6.07, 6.45) is 1.48. The molecule has 156 valence electrons. The van der Waals surface area contributed by atoms with Crippen LogP contribution in [0.15, 0.2) is 47.3 Å². The van der Waals surface area contributed by atoms with E-state index in [1.807, 2.05) is 36.9 Å². The monoisotopic (exact) mass is 408 g/mol. The largest absolute Gasteiger partial charge is 0.343 e. The maximum Gasteiger partial charge on any atom is 0.343 e. The van der Waals surface area contributed by atoms with Gasteiger partial charge < -0.3 is 4.90 Å². The molecule has 2 heterocycles. The molecule has 1 saturated heterocycles. The van der Waals surface area contributed by atoms with Crippen molar-refractivity contribution in [3.63, 3.8) is 0 Å². The number of aromatic nitrogens is 3. The fourth-order valence-electron chi connectivity index (χ4n) is 4.13. The lowest BCUT2D eigenvalue weighted by Gasteiger charge is -2.32. The smallest absolute Gasteiger partial charge is 0.339 e. The van der Waals surface area contributed by atoms with Gasteiger partial charge in [-0.1, -0.05) is 29.8 Å². The van der Waals surface area contributed by atoms with Crippen molar-refractivity contribution in [2.45, 2.75) is 39.2 Å². The summed E-state index contributed by atoms with van der Waals surface area (Å²) < 4.78 is 14.8. The second kappa shape index (κ2) is 8.26. The number of aryl methyl sites for hydroxylation is 2. The van der Waals surface area contributed by atoms with Gasteiger partial charge in [-0.05, 0) is 56.0 Å². The van der Waals surface area contributed by atoms with Crippen LogP contribution in [-0.4, -0.2) is 38.7 Å². The summed E-state index contributed by atoms with van der Waals surface area (Å²) in [7, 11) is 0. The Kier molecular flexibility index (Phi) is 5.53. The van der Waals surface area contributed by atoms with E-state index < -0.39 is 0 Å². The SMILES string of the molecule is Cc1ccc(C(=O)N2CCC(c3n[nH]c(=O)n3Cc3ccc(F)cc3)CC2)c(C)c1. The van der Waals surface area contributed by atoms with Crippen LogP contribution in [0.1, 0.15) is 51.6 Å². The number of likely N-dealkylation sites (tertiary alicyclic amines) is 1. The van der Waals surface area contributed by atoms with Crippen molar-refractivity contribution in [1.29, 1.82) is 0 Å². The number of H-pyrrole nitrogens is 1. The molecule has 1 aromatic heterocycles. The number of hydrogen-bond donors (Lipinski definition) is 1. The average Bonchev–Trinajstić information content (AvgIpc) is 3.09. The average molecular weight is 408 g/mol. The van der Waals surface area contributed by atoms with Crippen LogP contribution in [0.4, 0.5) is 4.39 Å². The third-order valence-electron chi connectivity index (χ3n) is 5.80. The molecule has 1 N–H and O–H groups in total. The van der Waals surface area contributed by atoms with Crippen molar-refractivity contribution in [2.24, 2.45) is 0 Å². The second-order valence-corrected chi connectivity index (χ2v) is 7.98. The molecule has 1 aliphatic rings. The highest BCUT2D eigenvalue weighted by molar-refractivity contribution is 5.95. The van der Waals surface area contributed by atoms with Crippen LogP contribution in [0.3, 0.4) is 0 Å². The van der Waals surface area contributed by atoms with Crippen LogP contribution < -0.4 is 5.69 Å². The van der Waals surface area contributed by atoms with Crippen molar-refractivity contribution < 1.29 is 9.18 Å². The molecule has 0 saturated carbocycles. The Morgan fingerprint density at radius 3 is 2.50 bits per heavy atom. The van der Waals surface area contributed by atoms with Crippen molar-refractivity contribution in [2.75, 3.05) is 13.1 Å². The highest BCUT2D eigenvalue weighted by atomic mass is 19.1. The third-order valence-corrected chi connectivity index (χ3v) is 5.80. The van der Waals surface area contributed by atoms with Crippen LogP contribution in [0.2, 0.25) is 0 Å². The number of benzene rings is 2. The van der Waals surface area contributed by atoms with Gasteiger partial charge in [-0.2, -0.15) is 5.10 Å². The number of hydrogen-bond acceptors (Lipinski definition) is 3. The van der Waals surface area contributed by atoms with Gasteiger partial charge >= 0.3 is 5.69 Å². The van der Waals surface area contributed by atoms with E-state index >= 15 is 0 Å². The van der Waals surface area contributed by atoms with E-state index in [-0.39, 0.29) is 23.3 Å². The summed E-state index contributed by atoms with van der Waals surface area (Å²) >= 11 is 0. The van der Waals surface area contributed by atoms with Gasteiger partial charge in [0.15, 0.2) is 0 Å². The Bertz CT molecular complexity index is 1110. The second-order valence-electron chi connectivity index (χ2n) is 7.98. The number of amides is 1. The molecule has 1 aliphatic heterocycles. The molecular weight excluding hydrogens is 383 g/mol. The molecule has 6 nitrogen and oxygen atoms in total. The Morgan fingerprint density at radius 1 is 1.13 bits per heavy atom. The number of halogens is 1. The van der Waals surface area contributed by atoms with E-state index in [4.69, 9.17) is 0 Å². The molecule has 0 radical (unpaired) electrons. The molecule has 0 spiro atoms. The van der Waals surface area contributed by atoms with Crippen LogP contribution in [-0.2, 0) is 6.54 Å². The Balaban J connectivity index is 1.46. The Labute approximate surface area is 174 Å². The van der Waals surface area contributed by atoms with Crippen LogP contribution in [0, 0.1) is 19.7 Å². The van der Waals surface area contributed by atoms with Crippen LogP contribution >= 0.6 is 0 Å². The van der Waals surface area contributed by atoms with Crippen molar-refractivity contribution >= 4 is 5.91 Å². The minimum Gasteiger partial charge on any atom is -0.339 e. The minimum atomic E-state index is -0.306. The Hall–Kier alpha value is -3.22. The minimum absolute atomic E-state index is 0.0525. The molecule has 1 amide bonds. The van der Waals surface area contributed by atoms with E-state index in [1.165, 1.54) is 12.1 Å². The normalized spacial score (nSPS) is 14.8. The van der Waals surface area contributed by atoms with E-state index in [2.05, 4.69) is 10.2 Å². The molecule has 4 rings (SSSR count). The topological polar surface area (TPSA) is 71.0 Å². The van der Waals surface area contributed by atoms with Gasteiger partial charge in [0.05, 0.1) is 6.54 Å². The van der Waals surface area contributed by atoms with Gasteiger partial charge in [-0.25, -0.2) is 14.3 Å². The first-order valence-electron chi connectivity index (χ1n) is 10.2. The zero-order chi connectivity index (χ0) is 21.3. The molecule has 0 unspecified atom stereocenters. The molecular formula is C23H25FN4O2. The lowest BCUT2D eigenvalue weighted by atomic mass is 9.94. The summed E-state index contributed by atoms with van der Waals surface area (Å²) in [6, 6.07) is 12.0. The molecule has 0 bridgehead atoms. The molecule has 2 aromatic carbocycles. The summed E-state index contributed by atoms with van der Waals surface area (Å²) in [5.41, 5.74) is 3.43. The quantitative estimate of drug-likeness (QED) is 0.719. The lowest BCUT2D eigenvalue weighted by Crippen LogP contribution is -2.39. The van der Waals surface area contributed by atoms with E-state index in [0.717, 1.165) is 35.1 Å². The summed E-state index contributed by atoms with van der Waals surface area (Å²) in [4.78, 5) is 27.1. The zero-order valence-corrected chi connectivity index (χ0v) is 17.2. The zero-order valence-electron chi connectivity index (χ0n) is 17.2. The summed E-state index contributed by atoms with van der Waals surface area (Å²) in [6.45, 7) is 5.56. The maximum absolute atomic E-state index is 13.2. The van der Waals surface area contributed by atoms with Gasteiger partial charge in [0, 0.05) is 24.6 Å². The van der Waals surface area contributed by atoms with Crippen LogP contribution in [0.5, 0.6) is 0 Å². The van der Waals surface area contributed by atoms with Gasteiger partial charge in [-0.15, -0.1) is 0 Å². The van der Waals surface area contributed by atoms with E-state index in [1.54, 1.807) is 16.7 Å². The lowest BCUT2D eigenvalue weighted by molar-refractivity contribution is 0.0709. The van der Waals surface area contributed by atoms with Crippen LogP contribution in [0.25, 0.3) is 0 Å². The molecule has 0 atom stereocenters. The first kappa shape index (κ1) is 20.1. The number of rotatable bonds is 4. The fraction of sp³-hybridized carbons (Fsp3) is 0.348. The molecule has 3 aromatic rings. The highest BCUT2D eigenvalue weighted by Gasteiger charge is 2.28. The van der Waals surface area contributed by atoms with Crippen molar-refractivity contribution in [3.8, 4) is 0 Å². The van der Waals surface area contributed by atoms with E-state index in [9.17, 15) is 14.0 Å². The van der Waals surface area contributed by atoms with Gasteiger partial charge in [-0.3, -0.25) is 9.36 Å². The standard InChI is InChI=1S/C23H25FN4O2/c1-15-3-8-20(16(2)13-15)22(29)27-11-9-18(10-12-27)21-25-26-23(30)28(21)14-17-4-6-19(24)7-5-17/h3-8,13,18H,9-12,14H2,1-2H3,(H,26,30). The third kappa shape index (κ3) is 4.06.